The molecule has 1 aromatic carbocycles. The van der Waals surface area contributed by atoms with E-state index in [-0.39, 0.29) is 12.4 Å². The summed E-state index contributed by atoms with van der Waals surface area (Å²) >= 11 is 12.0. The van der Waals surface area contributed by atoms with Crippen molar-refractivity contribution in [2.24, 2.45) is 0 Å². The summed E-state index contributed by atoms with van der Waals surface area (Å²) < 4.78 is 0. The summed E-state index contributed by atoms with van der Waals surface area (Å²) in [5.74, 6) is 0. The van der Waals surface area contributed by atoms with Crippen LogP contribution in [0.4, 0.5) is 0 Å². The largest absolute Gasteiger partial charge is 0.312 e. The number of halogens is 3. The van der Waals surface area contributed by atoms with Crippen LogP contribution in [-0.4, -0.2) is 30.6 Å². The summed E-state index contributed by atoms with van der Waals surface area (Å²) in [6.07, 6.45) is 0. The summed E-state index contributed by atoms with van der Waals surface area (Å²) in [5.41, 5.74) is 1.19. The van der Waals surface area contributed by atoms with Crippen LogP contribution in [0, 0.1) is 0 Å². The molecule has 5 heteroatoms. The van der Waals surface area contributed by atoms with Crippen molar-refractivity contribution in [3.63, 3.8) is 0 Å². The molecule has 2 rings (SSSR count). The highest BCUT2D eigenvalue weighted by atomic mass is 35.5. The molecule has 1 N–H and O–H groups in total. The molecule has 0 amide bonds. The molecule has 0 unspecified atom stereocenters. The van der Waals surface area contributed by atoms with E-state index in [9.17, 15) is 0 Å². The zero-order valence-corrected chi connectivity index (χ0v) is 12.1. The fourth-order valence-electron chi connectivity index (χ4n) is 2.12. The van der Waals surface area contributed by atoms with E-state index in [1.807, 2.05) is 12.1 Å². The van der Waals surface area contributed by atoms with Gasteiger partial charge in [0.1, 0.15) is 0 Å². The van der Waals surface area contributed by atoms with Gasteiger partial charge in [-0.3, -0.25) is 4.90 Å². The van der Waals surface area contributed by atoms with Gasteiger partial charge in [-0.25, -0.2) is 0 Å². The minimum Gasteiger partial charge on any atom is -0.312 e. The van der Waals surface area contributed by atoms with Crippen molar-refractivity contribution in [2.75, 3.05) is 19.6 Å². The van der Waals surface area contributed by atoms with E-state index in [1.54, 1.807) is 6.07 Å². The first-order chi connectivity index (χ1) is 7.63. The SMILES string of the molecule is C[C@H]1CN(Cc2cc(Cl)cc(Cl)c2)CCN1.Cl. The number of hydrogen-bond donors (Lipinski definition) is 1. The monoisotopic (exact) mass is 294 g/mol. The predicted molar refractivity (Wildman–Crippen MR) is 76.5 cm³/mol. The second-order valence-electron chi connectivity index (χ2n) is 4.37. The molecule has 1 atom stereocenters. The summed E-state index contributed by atoms with van der Waals surface area (Å²) in [7, 11) is 0. The van der Waals surface area contributed by atoms with Crippen LogP contribution in [-0.2, 0) is 6.54 Å². The minimum absolute atomic E-state index is 0. The molecule has 1 aromatic rings. The Balaban J connectivity index is 0.00000144. The van der Waals surface area contributed by atoms with E-state index in [0.717, 1.165) is 26.2 Å². The van der Waals surface area contributed by atoms with Gasteiger partial charge in [-0.1, -0.05) is 23.2 Å². The number of nitrogens with zero attached hydrogens (tertiary/aromatic N) is 1. The Morgan fingerprint density at radius 3 is 2.53 bits per heavy atom. The Bertz CT molecular complexity index is 351. The molecule has 2 nitrogen and oxygen atoms in total. The molecule has 1 saturated heterocycles. The van der Waals surface area contributed by atoms with Crippen LogP contribution in [0.25, 0.3) is 0 Å². The highest BCUT2D eigenvalue weighted by Gasteiger charge is 2.15. The van der Waals surface area contributed by atoms with E-state index < -0.39 is 0 Å². The first-order valence-electron chi connectivity index (χ1n) is 5.54. The Labute approximate surface area is 119 Å². The van der Waals surface area contributed by atoms with Crippen LogP contribution in [0.3, 0.4) is 0 Å². The molecule has 1 aliphatic heterocycles. The Hall–Kier alpha value is 0.01000. The van der Waals surface area contributed by atoms with Gasteiger partial charge in [0.15, 0.2) is 0 Å². The van der Waals surface area contributed by atoms with Crippen molar-refractivity contribution < 1.29 is 0 Å². The summed E-state index contributed by atoms with van der Waals surface area (Å²) in [5, 5.41) is 4.85. The lowest BCUT2D eigenvalue weighted by atomic mass is 10.1. The average Bonchev–Trinajstić information content (AvgIpc) is 2.15. The van der Waals surface area contributed by atoms with E-state index in [4.69, 9.17) is 23.2 Å². The maximum absolute atomic E-state index is 5.98. The quantitative estimate of drug-likeness (QED) is 0.901. The Kier molecular flexibility index (Phi) is 6.04. The van der Waals surface area contributed by atoms with E-state index in [1.165, 1.54) is 5.56 Å². The lowest BCUT2D eigenvalue weighted by Crippen LogP contribution is -2.48. The lowest BCUT2D eigenvalue weighted by molar-refractivity contribution is 0.199. The lowest BCUT2D eigenvalue weighted by Gasteiger charge is -2.31. The number of hydrogen-bond acceptors (Lipinski definition) is 2. The maximum atomic E-state index is 5.98. The Morgan fingerprint density at radius 1 is 1.29 bits per heavy atom. The number of benzene rings is 1. The molecule has 1 fully saturated rings. The second-order valence-corrected chi connectivity index (χ2v) is 5.24. The van der Waals surface area contributed by atoms with Gasteiger partial charge in [-0.05, 0) is 30.7 Å². The third-order valence-electron chi connectivity index (χ3n) is 2.78. The maximum Gasteiger partial charge on any atom is 0.0424 e. The third-order valence-corrected chi connectivity index (χ3v) is 3.22. The standard InChI is InChI=1S/C12H16Cl2N2.ClH/c1-9-7-16(3-2-15-9)8-10-4-11(13)6-12(14)5-10;/h4-6,9,15H,2-3,7-8H2,1H3;1H/t9-;/m0./s1. The third kappa shape index (κ3) is 4.65. The van der Waals surface area contributed by atoms with Crippen LogP contribution < -0.4 is 5.32 Å². The fourth-order valence-corrected chi connectivity index (χ4v) is 2.69. The molecule has 17 heavy (non-hydrogen) atoms. The first-order valence-corrected chi connectivity index (χ1v) is 6.30. The summed E-state index contributed by atoms with van der Waals surface area (Å²) in [4.78, 5) is 2.42. The van der Waals surface area contributed by atoms with Crippen molar-refractivity contribution in [1.29, 1.82) is 0 Å². The number of nitrogens with one attached hydrogen (secondary N) is 1. The van der Waals surface area contributed by atoms with Gasteiger partial charge >= 0.3 is 0 Å². The van der Waals surface area contributed by atoms with Crippen LogP contribution in [0.1, 0.15) is 12.5 Å². The van der Waals surface area contributed by atoms with Gasteiger partial charge in [-0.2, -0.15) is 0 Å². The van der Waals surface area contributed by atoms with Gasteiger partial charge in [0.05, 0.1) is 0 Å². The van der Waals surface area contributed by atoms with Crippen molar-refractivity contribution in [3.05, 3.63) is 33.8 Å². The van der Waals surface area contributed by atoms with Gasteiger partial charge in [0.25, 0.3) is 0 Å². The normalized spacial score (nSPS) is 21.0. The average molecular weight is 296 g/mol. The molecule has 0 aliphatic carbocycles. The molecule has 1 aliphatic rings. The predicted octanol–water partition coefficient (Wildman–Crippen LogP) is 3.21. The van der Waals surface area contributed by atoms with Crippen LogP contribution >= 0.6 is 35.6 Å². The van der Waals surface area contributed by atoms with Crippen molar-refractivity contribution >= 4 is 35.6 Å². The molecule has 0 spiro atoms. The zero-order chi connectivity index (χ0) is 11.5. The van der Waals surface area contributed by atoms with Crippen molar-refractivity contribution in [3.8, 4) is 0 Å². The van der Waals surface area contributed by atoms with Gasteiger partial charge < -0.3 is 5.32 Å². The second kappa shape index (κ2) is 6.81. The molecule has 0 saturated carbocycles. The van der Waals surface area contributed by atoms with E-state index in [0.29, 0.717) is 16.1 Å². The topological polar surface area (TPSA) is 15.3 Å². The number of piperazine rings is 1. The van der Waals surface area contributed by atoms with E-state index in [2.05, 4.69) is 17.1 Å². The molecule has 1 heterocycles. The van der Waals surface area contributed by atoms with Gasteiger partial charge in [-0.15, -0.1) is 12.4 Å². The molecule has 0 bridgehead atoms. The van der Waals surface area contributed by atoms with Gasteiger partial charge in [0, 0.05) is 42.3 Å². The van der Waals surface area contributed by atoms with Gasteiger partial charge in [0.2, 0.25) is 0 Å². The summed E-state index contributed by atoms with van der Waals surface area (Å²) in [6, 6.07) is 6.30. The minimum atomic E-state index is 0. The van der Waals surface area contributed by atoms with Crippen molar-refractivity contribution in [2.45, 2.75) is 19.5 Å². The Morgan fingerprint density at radius 2 is 1.94 bits per heavy atom. The zero-order valence-electron chi connectivity index (χ0n) is 9.75. The highest BCUT2D eigenvalue weighted by Crippen LogP contribution is 2.20. The van der Waals surface area contributed by atoms with Crippen LogP contribution in [0.2, 0.25) is 10.0 Å². The first kappa shape index (κ1) is 15.1. The van der Waals surface area contributed by atoms with Crippen LogP contribution in [0.15, 0.2) is 18.2 Å². The molecule has 96 valence electrons. The molecule has 0 aromatic heterocycles. The molecule has 0 radical (unpaired) electrons. The molecular weight excluding hydrogens is 279 g/mol. The van der Waals surface area contributed by atoms with Crippen molar-refractivity contribution in [1.82, 2.24) is 10.2 Å². The summed E-state index contributed by atoms with van der Waals surface area (Å²) in [6.45, 7) is 6.33. The van der Waals surface area contributed by atoms with E-state index >= 15 is 0 Å². The molecular formula is C12H17Cl3N2. The fraction of sp³-hybridized carbons (Fsp3) is 0.500. The van der Waals surface area contributed by atoms with Crippen LogP contribution in [0.5, 0.6) is 0 Å². The number of rotatable bonds is 2. The smallest absolute Gasteiger partial charge is 0.0424 e. The highest BCUT2D eigenvalue weighted by molar-refractivity contribution is 6.34.